The number of anilines is 1. The Balaban J connectivity index is 1.92. The third-order valence-electron chi connectivity index (χ3n) is 3.84. The van der Waals surface area contributed by atoms with E-state index in [-0.39, 0.29) is 4.90 Å². The molecule has 0 unspecified atom stereocenters. The highest BCUT2D eigenvalue weighted by Crippen LogP contribution is 2.34. The lowest BCUT2D eigenvalue weighted by Gasteiger charge is -2.15. The summed E-state index contributed by atoms with van der Waals surface area (Å²) in [4.78, 5) is 0.0796. The Morgan fingerprint density at radius 3 is 2.44 bits per heavy atom. The zero-order valence-electron chi connectivity index (χ0n) is 15.4. The molecule has 0 radical (unpaired) electrons. The first-order chi connectivity index (χ1) is 13.0. The first-order valence-corrected chi connectivity index (χ1v) is 10.3. The molecular weight excluding hydrogens is 370 g/mol. The van der Waals surface area contributed by atoms with E-state index in [0.29, 0.717) is 55.1 Å². The van der Waals surface area contributed by atoms with Gasteiger partial charge in [-0.3, -0.25) is 4.72 Å². The summed E-state index contributed by atoms with van der Waals surface area (Å²) in [6.07, 6.45) is 0.747. The molecule has 0 saturated heterocycles. The van der Waals surface area contributed by atoms with Crippen LogP contribution in [0.15, 0.2) is 41.3 Å². The van der Waals surface area contributed by atoms with Crippen molar-refractivity contribution in [1.82, 2.24) is 0 Å². The molecule has 0 fully saturated rings. The van der Waals surface area contributed by atoms with Crippen molar-refractivity contribution in [2.24, 2.45) is 0 Å². The molecule has 3 rings (SSSR count). The number of hydrogen-bond donors (Lipinski definition) is 1. The molecule has 2 aromatic carbocycles. The standard InChI is InChI=1S/C19H23NO6S/c1-3-23-14-6-8-17(24-4-2)16(12-14)20-27(21,22)15-7-9-18-19(13-15)26-11-5-10-25-18/h6-9,12-13,20H,3-5,10-11H2,1-2H3. The molecule has 27 heavy (non-hydrogen) atoms. The molecule has 0 atom stereocenters. The van der Waals surface area contributed by atoms with Crippen molar-refractivity contribution in [3.63, 3.8) is 0 Å². The van der Waals surface area contributed by atoms with Crippen LogP contribution in [0, 0.1) is 0 Å². The summed E-state index contributed by atoms with van der Waals surface area (Å²) in [5, 5.41) is 0. The summed E-state index contributed by atoms with van der Waals surface area (Å²) in [6.45, 7) is 5.60. The third-order valence-corrected chi connectivity index (χ3v) is 5.20. The predicted octanol–water partition coefficient (Wildman–Crippen LogP) is 3.45. The number of benzene rings is 2. The molecule has 2 aromatic rings. The second-order valence-electron chi connectivity index (χ2n) is 5.79. The van der Waals surface area contributed by atoms with E-state index in [9.17, 15) is 8.42 Å². The van der Waals surface area contributed by atoms with Gasteiger partial charge in [-0.05, 0) is 38.1 Å². The van der Waals surface area contributed by atoms with Gasteiger partial charge >= 0.3 is 0 Å². The van der Waals surface area contributed by atoms with Gasteiger partial charge in [0.15, 0.2) is 11.5 Å². The largest absolute Gasteiger partial charge is 0.494 e. The average Bonchev–Trinajstić information content (AvgIpc) is 2.89. The van der Waals surface area contributed by atoms with E-state index < -0.39 is 10.0 Å². The average molecular weight is 393 g/mol. The summed E-state index contributed by atoms with van der Waals surface area (Å²) < 4.78 is 50.5. The van der Waals surface area contributed by atoms with Crippen LogP contribution < -0.4 is 23.7 Å². The quantitative estimate of drug-likeness (QED) is 0.776. The van der Waals surface area contributed by atoms with Gasteiger partial charge in [-0.2, -0.15) is 0 Å². The van der Waals surface area contributed by atoms with E-state index >= 15 is 0 Å². The van der Waals surface area contributed by atoms with Crippen molar-refractivity contribution in [3.8, 4) is 23.0 Å². The van der Waals surface area contributed by atoms with Crippen molar-refractivity contribution >= 4 is 15.7 Å². The van der Waals surface area contributed by atoms with Crippen LogP contribution in [-0.2, 0) is 10.0 Å². The Kier molecular flexibility index (Phi) is 5.95. The maximum Gasteiger partial charge on any atom is 0.262 e. The molecule has 8 heteroatoms. The van der Waals surface area contributed by atoms with Gasteiger partial charge in [0, 0.05) is 18.6 Å². The predicted molar refractivity (Wildman–Crippen MR) is 102 cm³/mol. The van der Waals surface area contributed by atoms with Crippen LogP contribution in [0.1, 0.15) is 20.3 Å². The van der Waals surface area contributed by atoms with Gasteiger partial charge in [0.05, 0.1) is 37.0 Å². The fourth-order valence-corrected chi connectivity index (χ4v) is 3.72. The molecule has 146 valence electrons. The summed E-state index contributed by atoms with van der Waals surface area (Å²) in [6, 6.07) is 9.59. The highest BCUT2D eigenvalue weighted by molar-refractivity contribution is 7.92. The van der Waals surface area contributed by atoms with Crippen molar-refractivity contribution in [2.45, 2.75) is 25.2 Å². The lowest BCUT2D eigenvalue weighted by molar-refractivity contribution is 0.297. The molecular formula is C19H23NO6S. The summed E-state index contributed by atoms with van der Waals surface area (Å²) in [5.74, 6) is 1.94. The highest BCUT2D eigenvalue weighted by Gasteiger charge is 2.21. The second-order valence-corrected chi connectivity index (χ2v) is 7.47. The molecule has 0 bridgehead atoms. The van der Waals surface area contributed by atoms with Gasteiger partial charge in [0.1, 0.15) is 11.5 Å². The molecule has 1 aliphatic heterocycles. The summed E-state index contributed by atoms with van der Waals surface area (Å²) >= 11 is 0. The first-order valence-electron chi connectivity index (χ1n) is 8.85. The van der Waals surface area contributed by atoms with Crippen LogP contribution in [-0.4, -0.2) is 34.8 Å². The minimum Gasteiger partial charge on any atom is -0.494 e. The van der Waals surface area contributed by atoms with E-state index in [0.717, 1.165) is 6.42 Å². The van der Waals surface area contributed by atoms with E-state index in [1.54, 1.807) is 24.3 Å². The SMILES string of the molecule is CCOc1ccc(OCC)c(NS(=O)(=O)c2ccc3c(c2)OCCCO3)c1. The minimum absolute atomic E-state index is 0.0796. The van der Waals surface area contributed by atoms with Gasteiger partial charge in [-0.25, -0.2) is 8.42 Å². The number of ether oxygens (including phenoxy) is 4. The number of hydrogen-bond acceptors (Lipinski definition) is 6. The Hall–Kier alpha value is -2.61. The Labute approximate surface area is 159 Å². The molecule has 0 aliphatic carbocycles. The Morgan fingerprint density at radius 1 is 0.963 bits per heavy atom. The molecule has 0 amide bonds. The van der Waals surface area contributed by atoms with E-state index in [1.807, 2.05) is 13.8 Å². The number of sulfonamides is 1. The number of fused-ring (bicyclic) bond motifs is 1. The van der Waals surface area contributed by atoms with Crippen LogP contribution in [0.5, 0.6) is 23.0 Å². The van der Waals surface area contributed by atoms with E-state index in [2.05, 4.69) is 4.72 Å². The number of nitrogens with one attached hydrogen (secondary N) is 1. The second kappa shape index (κ2) is 8.39. The molecule has 0 saturated carbocycles. The fraction of sp³-hybridized carbons (Fsp3) is 0.368. The highest BCUT2D eigenvalue weighted by atomic mass is 32.2. The van der Waals surface area contributed by atoms with Gasteiger partial charge in [-0.15, -0.1) is 0 Å². The zero-order chi connectivity index (χ0) is 19.3. The molecule has 1 N–H and O–H groups in total. The van der Waals surface area contributed by atoms with E-state index in [4.69, 9.17) is 18.9 Å². The lowest BCUT2D eigenvalue weighted by Crippen LogP contribution is -2.14. The van der Waals surface area contributed by atoms with E-state index in [1.165, 1.54) is 12.1 Å². The van der Waals surface area contributed by atoms with Gasteiger partial charge < -0.3 is 18.9 Å². The van der Waals surface area contributed by atoms with Crippen LogP contribution in [0.3, 0.4) is 0 Å². The van der Waals surface area contributed by atoms with Crippen LogP contribution >= 0.6 is 0 Å². The van der Waals surface area contributed by atoms with Gasteiger partial charge in [0.2, 0.25) is 0 Å². The Bertz CT molecular complexity index is 897. The fourth-order valence-electron chi connectivity index (χ4n) is 2.64. The number of rotatable bonds is 7. The maximum atomic E-state index is 12.9. The van der Waals surface area contributed by atoms with Crippen molar-refractivity contribution < 1.29 is 27.4 Å². The third kappa shape index (κ3) is 4.57. The normalized spacial score (nSPS) is 13.6. The summed E-state index contributed by atoms with van der Waals surface area (Å²) in [5.41, 5.74) is 0.315. The molecule has 1 heterocycles. The smallest absolute Gasteiger partial charge is 0.262 e. The minimum atomic E-state index is -3.85. The topological polar surface area (TPSA) is 83.1 Å². The first kappa shape index (κ1) is 19.2. The monoisotopic (exact) mass is 393 g/mol. The van der Waals surface area contributed by atoms with Gasteiger partial charge in [0.25, 0.3) is 10.0 Å². The lowest BCUT2D eigenvalue weighted by atomic mass is 10.3. The maximum absolute atomic E-state index is 12.9. The molecule has 1 aliphatic rings. The zero-order valence-corrected chi connectivity index (χ0v) is 16.2. The van der Waals surface area contributed by atoms with Crippen molar-refractivity contribution in [1.29, 1.82) is 0 Å². The van der Waals surface area contributed by atoms with Crippen molar-refractivity contribution in [3.05, 3.63) is 36.4 Å². The van der Waals surface area contributed by atoms with Crippen molar-refractivity contribution in [2.75, 3.05) is 31.1 Å². The van der Waals surface area contributed by atoms with Gasteiger partial charge in [-0.1, -0.05) is 0 Å². The van der Waals surface area contributed by atoms with Crippen LogP contribution in [0.25, 0.3) is 0 Å². The van der Waals surface area contributed by atoms with Crippen LogP contribution in [0.2, 0.25) is 0 Å². The summed E-state index contributed by atoms with van der Waals surface area (Å²) in [7, 11) is -3.85. The van der Waals surface area contributed by atoms with Crippen LogP contribution in [0.4, 0.5) is 5.69 Å². The molecule has 0 spiro atoms. The molecule has 0 aromatic heterocycles. The Morgan fingerprint density at radius 2 is 1.70 bits per heavy atom. The molecule has 7 nitrogen and oxygen atoms in total.